The maximum absolute atomic E-state index is 12.3. The quantitative estimate of drug-likeness (QED) is 0.106. The van der Waals surface area contributed by atoms with Crippen molar-refractivity contribution in [1.82, 2.24) is 0 Å². The van der Waals surface area contributed by atoms with Gasteiger partial charge in [0.25, 0.3) is 0 Å². The van der Waals surface area contributed by atoms with Crippen LogP contribution in [-0.4, -0.2) is 34.0 Å². The second-order valence-corrected chi connectivity index (χ2v) is 9.00. The Kier molecular flexibility index (Phi) is 18.8. The lowest BCUT2D eigenvalue weighted by atomic mass is 9.98. The molecule has 0 rings (SSSR count). The van der Waals surface area contributed by atoms with Crippen molar-refractivity contribution in [2.45, 2.75) is 148 Å². The second-order valence-electron chi connectivity index (χ2n) is 9.00. The number of aliphatic hydroxyl groups is 1. The van der Waals surface area contributed by atoms with Gasteiger partial charge in [-0.25, -0.2) is 0 Å². The number of hydrogen-bond acceptors (Lipinski definition) is 5. The number of ether oxygens (including phenoxy) is 1. The fourth-order valence-electron chi connectivity index (χ4n) is 3.78. The van der Waals surface area contributed by atoms with Crippen LogP contribution in [-0.2, 0) is 14.3 Å². The van der Waals surface area contributed by atoms with Crippen molar-refractivity contribution in [1.29, 1.82) is 0 Å². The summed E-state index contributed by atoms with van der Waals surface area (Å²) < 4.78 is 5.43. The number of hydrogen-bond donors (Lipinski definition) is 3. The normalized spacial score (nSPS) is 14.2. The highest BCUT2D eigenvalue weighted by molar-refractivity contribution is 5.77. The Morgan fingerprint density at radius 3 is 1.55 bits per heavy atom. The molecular weight excluding hydrogens is 394 g/mol. The summed E-state index contributed by atoms with van der Waals surface area (Å²) in [5.74, 6) is -3.20. The third-order valence-corrected chi connectivity index (χ3v) is 5.85. The minimum Gasteiger partial charge on any atom is -0.481 e. The Hall–Kier alpha value is -1.14. The van der Waals surface area contributed by atoms with Gasteiger partial charge >= 0.3 is 11.9 Å². The molecule has 0 aromatic rings. The standard InChI is InChI=1S/C25H49NO5/c1-3-5-7-9-11-12-13-15-17-21-25(30,20-16-14-10-8-6-4-2)31-24(29)22(26)18-19-23(27)28/h22,30H,3-21,26H2,1-2H3,(H,27,28)/t22-,25?/m0/s1. The van der Waals surface area contributed by atoms with Crippen LogP contribution in [0.15, 0.2) is 0 Å². The molecule has 0 aromatic carbocycles. The third-order valence-electron chi connectivity index (χ3n) is 5.85. The molecule has 0 spiro atoms. The van der Waals surface area contributed by atoms with Crippen molar-refractivity contribution in [3.8, 4) is 0 Å². The van der Waals surface area contributed by atoms with E-state index in [-0.39, 0.29) is 12.8 Å². The Labute approximate surface area is 190 Å². The predicted molar refractivity (Wildman–Crippen MR) is 126 cm³/mol. The van der Waals surface area contributed by atoms with E-state index < -0.39 is 23.8 Å². The summed E-state index contributed by atoms with van der Waals surface area (Å²) in [4.78, 5) is 23.0. The van der Waals surface area contributed by atoms with Gasteiger partial charge in [0.2, 0.25) is 5.79 Å². The largest absolute Gasteiger partial charge is 0.481 e. The van der Waals surface area contributed by atoms with Crippen molar-refractivity contribution >= 4 is 11.9 Å². The summed E-state index contributed by atoms with van der Waals surface area (Å²) in [6, 6.07) is -1.02. The molecule has 0 saturated heterocycles. The van der Waals surface area contributed by atoms with E-state index in [0.29, 0.717) is 12.8 Å². The first-order chi connectivity index (χ1) is 14.8. The Bertz CT molecular complexity index is 457. The van der Waals surface area contributed by atoms with Crippen LogP contribution in [0.4, 0.5) is 0 Å². The molecule has 6 heteroatoms. The lowest BCUT2D eigenvalue weighted by Crippen LogP contribution is -2.42. The maximum Gasteiger partial charge on any atom is 0.325 e. The van der Waals surface area contributed by atoms with Crippen molar-refractivity contribution in [2.24, 2.45) is 5.73 Å². The van der Waals surface area contributed by atoms with Crippen LogP contribution in [0.1, 0.15) is 136 Å². The Morgan fingerprint density at radius 2 is 1.16 bits per heavy atom. The number of esters is 1. The van der Waals surface area contributed by atoms with Crippen molar-refractivity contribution in [2.75, 3.05) is 0 Å². The molecule has 1 unspecified atom stereocenters. The van der Waals surface area contributed by atoms with Crippen LogP contribution in [0.2, 0.25) is 0 Å². The van der Waals surface area contributed by atoms with Crippen molar-refractivity contribution < 1.29 is 24.5 Å². The molecule has 6 nitrogen and oxygen atoms in total. The molecule has 0 bridgehead atoms. The first-order valence-electron chi connectivity index (χ1n) is 12.8. The summed E-state index contributed by atoms with van der Waals surface area (Å²) >= 11 is 0. The van der Waals surface area contributed by atoms with E-state index in [1.807, 2.05) is 0 Å². The number of aliphatic carboxylic acids is 1. The molecule has 0 aromatic heterocycles. The number of carbonyl (C=O) groups excluding carboxylic acids is 1. The minimum atomic E-state index is -1.50. The molecule has 0 heterocycles. The van der Waals surface area contributed by atoms with Gasteiger partial charge in [-0.05, 0) is 19.3 Å². The molecule has 0 fully saturated rings. The predicted octanol–water partition coefficient (Wildman–Crippen LogP) is 6.08. The molecular formula is C25H49NO5. The lowest BCUT2D eigenvalue weighted by Gasteiger charge is -2.29. The first kappa shape index (κ1) is 29.9. The number of unbranched alkanes of at least 4 members (excludes halogenated alkanes) is 13. The van der Waals surface area contributed by atoms with Crippen LogP contribution < -0.4 is 5.73 Å². The third kappa shape index (κ3) is 18.2. The van der Waals surface area contributed by atoms with Crippen LogP contribution >= 0.6 is 0 Å². The van der Waals surface area contributed by atoms with Crippen LogP contribution in [0.5, 0.6) is 0 Å². The second kappa shape index (κ2) is 19.5. The average molecular weight is 444 g/mol. The summed E-state index contributed by atoms with van der Waals surface area (Å²) in [6.07, 6.45) is 17.7. The van der Waals surface area contributed by atoms with Crippen molar-refractivity contribution in [3.63, 3.8) is 0 Å². The number of rotatable bonds is 22. The average Bonchev–Trinajstić information content (AvgIpc) is 2.73. The fourth-order valence-corrected chi connectivity index (χ4v) is 3.78. The van der Waals surface area contributed by atoms with Gasteiger partial charge < -0.3 is 20.7 Å². The smallest absolute Gasteiger partial charge is 0.325 e. The molecule has 0 saturated carbocycles. The van der Waals surface area contributed by atoms with Gasteiger partial charge in [0, 0.05) is 19.3 Å². The van der Waals surface area contributed by atoms with Gasteiger partial charge in [-0.1, -0.05) is 97.3 Å². The first-order valence-corrected chi connectivity index (χ1v) is 12.8. The highest BCUT2D eigenvalue weighted by atomic mass is 16.7. The summed E-state index contributed by atoms with van der Waals surface area (Å²) in [7, 11) is 0. The van der Waals surface area contributed by atoms with Gasteiger partial charge in [0.05, 0.1) is 0 Å². The van der Waals surface area contributed by atoms with E-state index in [0.717, 1.165) is 38.5 Å². The molecule has 0 amide bonds. The zero-order chi connectivity index (χ0) is 23.4. The Morgan fingerprint density at radius 1 is 0.774 bits per heavy atom. The van der Waals surface area contributed by atoms with Crippen LogP contribution in [0.3, 0.4) is 0 Å². The molecule has 0 aliphatic carbocycles. The van der Waals surface area contributed by atoms with E-state index in [1.165, 1.54) is 57.8 Å². The molecule has 184 valence electrons. The summed E-state index contributed by atoms with van der Waals surface area (Å²) in [6.45, 7) is 4.40. The molecule has 2 atom stereocenters. The molecule has 31 heavy (non-hydrogen) atoms. The minimum absolute atomic E-state index is 0.0132. The number of carboxylic acids is 1. The molecule has 0 aliphatic rings. The zero-order valence-corrected chi connectivity index (χ0v) is 20.2. The highest BCUT2D eigenvalue weighted by Crippen LogP contribution is 2.26. The molecule has 0 radical (unpaired) electrons. The number of carbonyl (C=O) groups is 2. The topological polar surface area (TPSA) is 110 Å². The van der Waals surface area contributed by atoms with Gasteiger partial charge in [-0.15, -0.1) is 0 Å². The monoisotopic (exact) mass is 443 g/mol. The van der Waals surface area contributed by atoms with Crippen LogP contribution in [0.25, 0.3) is 0 Å². The summed E-state index contributed by atoms with van der Waals surface area (Å²) in [5.41, 5.74) is 5.78. The van der Waals surface area contributed by atoms with Gasteiger partial charge in [0.1, 0.15) is 6.04 Å². The van der Waals surface area contributed by atoms with E-state index in [9.17, 15) is 14.7 Å². The zero-order valence-electron chi connectivity index (χ0n) is 20.2. The van der Waals surface area contributed by atoms with Gasteiger partial charge in [0.15, 0.2) is 0 Å². The summed E-state index contributed by atoms with van der Waals surface area (Å²) in [5, 5.41) is 19.8. The fraction of sp³-hybridized carbons (Fsp3) is 0.920. The van der Waals surface area contributed by atoms with Crippen LogP contribution in [0, 0.1) is 0 Å². The highest BCUT2D eigenvalue weighted by Gasteiger charge is 2.32. The number of carboxylic acid groups (broad SMARTS) is 1. The van der Waals surface area contributed by atoms with E-state index in [1.54, 1.807) is 0 Å². The van der Waals surface area contributed by atoms with E-state index in [2.05, 4.69) is 13.8 Å². The SMILES string of the molecule is CCCCCCCCCCCC(O)(CCCCCCCC)OC(=O)[C@@H](N)CCC(=O)O. The van der Waals surface area contributed by atoms with Gasteiger partial charge in [-0.3, -0.25) is 9.59 Å². The van der Waals surface area contributed by atoms with E-state index in [4.69, 9.17) is 15.6 Å². The van der Waals surface area contributed by atoms with E-state index >= 15 is 0 Å². The maximum atomic E-state index is 12.3. The van der Waals surface area contributed by atoms with Crippen molar-refractivity contribution in [3.05, 3.63) is 0 Å². The lowest BCUT2D eigenvalue weighted by molar-refractivity contribution is -0.217. The Balaban J connectivity index is 4.41. The molecule has 0 aliphatic heterocycles. The molecule has 4 N–H and O–H groups in total. The van der Waals surface area contributed by atoms with Gasteiger partial charge in [-0.2, -0.15) is 0 Å². The number of nitrogens with two attached hydrogens (primary N) is 1.